The molecular weight excluding hydrogens is 358 g/mol. The van der Waals surface area contributed by atoms with E-state index in [1.807, 2.05) is 30.3 Å². The highest BCUT2D eigenvalue weighted by atomic mass is 79.9. The summed E-state index contributed by atoms with van der Waals surface area (Å²) in [7, 11) is 0. The predicted molar refractivity (Wildman–Crippen MR) is 98.2 cm³/mol. The van der Waals surface area contributed by atoms with Gasteiger partial charge in [0.15, 0.2) is 0 Å². The average molecular weight is 378 g/mol. The molecule has 0 aliphatic rings. The highest BCUT2D eigenvalue weighted by molar-refractivity contribution is 9.10. The second-order valence-electron chi connectivity index (χ2n) is 5.24. The van der Waals surface area contributed by atoms with Crippen molar-refractivity contribution in [3.63, 3.8) is 0 Å². The summed E-state index contributed by atoms with van der Waals surface area (Å²) < 4.78 is 1.08. The molecule has 2 rings (SSSR count). The van der Waals surface area contributed by atoms with Gasteiger partial charge in [0.25, 0.3) is 0 Å². The molecule has 0 bridgehead atoms. The van der Waals surface area contributed by atoms with E-state index in [1.54, 1.807) is 11.8 Å². The number of hydrogen-bond acceptors (Lipinski definition) is 2. The van der Waals surface area contributed by atoms with Crippen LogP contribution in [0.2, 0.25) is 0 Å². The van der Waals surface area contributed by atoms with Gasteiger partial charge in [0.05, 0.1) is 5.75 Å². The lowest BCUT2D eigenvalue weighted by atomic mass is 10.0. The molecule has 22 heavy (non-hydrogen) atoms. The van der Waals surface area contributed by atoms with Crippen molar-refractivity contribution in [2.75, 3.05) is 12.3 Å². The quantitative estimate of drug-likeness (QED) is 0.763. The summed E-state index contributed by atoms with van der Waals surface area (Å²) >= 11 is 5.06. The maximum absolute atomic E-state index is 11.9. The Hall–Kier alpha value is -1.26. The predicted octanol–water partition coefficient (Wildman–Crippen LogP) is 4.60. The number of carbonyl (C=O) groups is 1. The Morgan fingerprint density at radius 1 is 1.14 bits per heavy atom. The number of hydrogen-bond donors (Lipinski definition) is 1. The van der Waals surface area contributed by atoms with E-state index < -0.39 is 0 Å². The van der Waals surface area contributed by atoms with Crippen molar-refractivity contribution in [1.82, 2.24) is 5.32 Å². The highest BCUT2D eigenvalue weighted by Gasteiger charge is 2.07. The fourth-order valence-electron chi connectivity index (χ4n) is 2.06. The fraction of sp³-hybridized carbons (Fsp3) is 0.278. The van der Waals surface area contributed by atoms with Crippen LogP contribution in [0.5, 0.6) is 0 Å². The van der Waals surface area contributed by atoms with Crippen LogP contribution in [0.15, 0.2) is 59.1 Å². The van der Waals surface area contributed by atoms with Gasteiger partial charge in [0.1, 0.15) is 0 Å². The second-order valence-corrected chi connectivity index (χ2v) is 7.14. The van der Waals surface area contributed by atoms with Crippen LogP contribution in [-0.2, 0) is 10.5 Å². The molecule has 1 N–H and O–H groups in total. The van der Waals surface area contributed by atoms with Crippen LogP contribution in [0.25, 0.3) is 0 Å². The van der Waals surface area contributed by atoms with Gasteiger partial charge in [-0.25, -0.2) is 0 Å². The summed E-state index contributed by atoms with van der Waals surface area (Å²) in [5, 5.41) is 3.01. The summed E-state index contributed by atoms with van der Waals surface area (Å²) in [4.78, 5) is 11.9. The molecule has 2 aromatic carbocycles. The number of amides is 1. The SMILES string of the molecule is CC(CNC(=O)CSCc1ccc(Br)cc1)c1ccccc1. The molecule has 0 aliphatic heterocycles. The zero-order valence-electron chi connectivity index (χ0n) is 12.6. The van der Waals surface area contributed by atoms with Crippen LogP contribution in [0.3, 0.4) is 0 Å². The summed E-state index contributed by atoms with van der Waals surface area (Å²) in [5.74, 6) is 1.79. The highest BCUT2D eigenvalue weighted by Crippen LogP contribution is 2.16. The molecule has 2 aromatic rings. The first-order chi connectivity index (χ1) is 10.6. The van der Waals surface area contributed by atoms with E-state index in [-0.39, 0.29) is 5.91 Å². The van der Waals surface area contributed by atoms with E-state index in [9.17, 15) is 4.79 Å². The van der Waals surface area contributed by atoms with Crippen molar-refractivity contribution >= 4 is 33.6 Å². The molecule has 1 amide bonds. The minimum absolute atomic E-state index is 0.102. The largest absolute Gasteiger partial charge is 0.355 e. The van der Waals surface area contributed by atoms with Crippen LogP contribution in [0.1, 0.15) is 24.0 Å². The Kier molecular flexibility index (Phi) is 7.00. The third-order valence-corrected chi connectivity index (χ3v) is 4.92. The third kappa shape index (κ3) is 5.85. The van der Waals surface area contributed by atoms with E-state index in [1.165, 1.54) is 11.1 Å². The van der Waals surface area contributed by atoms with Crippen LogP contribution in [-0.4, -0.2) is 18.2 Å². The van der Waals surface area contributed by atoms with E-state index in [4.69, 9.17) is 0 Å². The summed E-state index contributed by atoms with van der Waals surface area (Å²) in [6.07, 6.45) is 0. The molecule has 0 saturated carbocycles. The normalized spacial score (nSPS) is 11.9. The Morgan fingerprint density at radius 3 is 2.50 bits per heavy atom. The van der Waals surface area contributed by atoms with Crippen LogP contribution in [0.4, 0.5) is 0 Å². The molecule has 0 fully saturated rings. The van der Waals surface area contributed by atoms with Gasteiger partial charge in [-0.05, 0) is 29.2 Å². The number of halogens is 1. The molecule has 4 heteroatoms. The van der Waals surface area contributed by atoms with Crippen molar-refractivity contribution in [2.45, 2.75) is 18.6 Å². The first kappa shape index (κ1) is 17.1. The fourth-order valence-corrected chi connectivity index (χ4v) is 3.14. The van der Waals surface area contributed by atoms with Gasteiger partial charge in [0.2, 0.25) is 5.91 Å². The number of rotatable bonds is 7. The van der Waals surface area contributed by atoms with Gasteiger partial charge in [-0.1, -0.05) is 65.3 Å². The van der Waals surface area contributed by atoms with Crippen LogP contribution < -0.4 is 5.32 Å². The monoisotopic (exact) mass is 377 g/mol. The lowest BCUT2D eigenvalue weighted by Gasteiger charge is -2.13. The van der Waals surface area contributed by atoms with E-state index >= 15 is 0 Å². The maximum Gasteiger partial charge on any atom is 0.230 e. The molecule has 0 saturated heterocycles. The summed E-state index contributed by atoms with van der Waals surface area (Å²) in [5.41, 5.74) is 2.49. The topological polar surface area (TPSA) is 29.1 Å². The molecule has 0 spiro atoms. The number of benzene rings is 2. The number of thioether (sulfide) groups is 1. The van der Waals surface area contributed by atoms with E-state index in [0.717, 1.165) is 10.2 Å². The molecule has 1 unspecified atom stereocenters. The zero-order chi connectivity index (χ0) is 15.8. The molecular formula is C18H20BrNOS. The van der Waals surface area contributed by atoms with Gasteiger partial charge in [-0.2, -0.15) is 0 Å². The zero-order valence-corrected chi connectivity index (χ0v) is 15.0. The minimum atomic E-state index is 0.102. The van der Waals surface area contributed by atoms with E-state index in [0.29, 0.717) is 18.2 Å². The Morgan fingerprint density at radius 2 is 1.82 bits per heavy atom. The first-order valence-corrected chi connectivity index (χ1v) is 9.24. The smallest absolute Gasteiger partial charge is 0.230 e. The first-order valence-electron chi connectivity index (χ1n) is 7.29. The molecule has 0 aromatic heterocycles. The molecule has 0 radical (unpaired) electrons. The Balaban J connectivity index is 1.66. The molecule has 1 atom stereocenters. The van der Waals surface area contributed by atoms with Crippen LogP contribution >= 0.6 is 27.7 Å². The van der Waals surface area contributed by atoms with E-state index in [2.05, 4.69) is 52.4 Å². The second kappa shape index (κ2) is 9.01. The summed E-state index contributed by atoms with van der Waals surface area (Å²) in [6.45, 7) is 2.81. The van der Waals surface area contributed by atoms with Crippen molar-refractivity contribution < 1.29 is 4.79 Å². The molecule has 0 aliphatic carbocycles. The Bertz CT molecular complexity index is 586. The standard InChI is InChI=1S/C18H20BrNOS/c1-14(16-5-3-2-4-6-16)11-20-18(21)13-22-12-15-7-9-17(19)10-8-15/h2-10,14H,11-13H2,1H3,(H,20,21). The third-order valence-electron chi connectivity index (χ3n) is 3.39. The van der Waals surface area contributed by atoms with Crippen molar-refractivity contribution in [1.29, 1.82) is 0 Å². The lowest BCUT2D eigenvalue weighted by Crippen LogP contribution is -2.29. The van der Waals surface area contributed by atoms with Crippen molar-refractivity contribution in [2.24, 2.45) is 0 Å². The van der Waals surface area contributed by atoms with Crippen molar-refractivity contribution in [3.05, 3.63) is 70.2 Å². The van der Waals surface area contributed by atoms with Gasteiger partial charge < -0.3 is 5.32 Å². The van der Waals surface area contributed by atoms with Gasteiger partial charge in [-0.3, -0.25) is 4.79 Å². The van der Waals surface area contributed by atoms with Gasteiger partial charge in [-0.15, -0.1) is 11.8 Å². The van der Waals surface area contributed by atoms with Crippen LogP contribution in [0, 0.1) is 0 Å². The lowest BCUT2D eigenvalue weighted by molar-refractivity contribution is -0.118. The van der Waals surface area contributed by atoms with Gasteiger partial charge in [0, 0.05) is 16.8 Å². The maximum atomic E-state index is 11.9. The molecule has 116 valence electrons. The average Bonchev–Trinajstić information content (AvgIpc) is 2.55. The van der Waals surface area contributed by atoms with Gasteiger partial charge >= 0.3 is 0 Å². The van der Waals surface area contributed by atoms with Crippen molar-refractivity contribution in [3.8, 4) is 0 Å². The number of nitrogens with one attached hydrogen (secondary N) is 1. The minimum Gasteiger partial charge on any atom is -0.355 e. The summed E-state index contributed by atoms with van der Waals surface area (Å²) in [6, 6.07) is 18.5. The molecule has 0 heterocycles. The Labute approximate surface area is 144 Å². The number of carbonyl (C=O) groups excluding carboxylic acids is 1. The molecule has 2 nitrogen and oxygen atoms in total.